The Morgan fingerprint density at radius 3 is 1.62 bits per heavy atom. The van der Waals surface area contributed by atoms with E-state index >= 15 is 0 Å². The van der Waals surface area contributed by atoms with Gasteiger partial charge in [-0.3, -0.25) is 4.79 Å². The van der Waals surface area contributed by atoms with Crippen molar-refractivity contribution >= 4 is 23.9 Å². The van der Waals surface area contributed by atoms with Gasteiger partial charge in [0, 0.05) is 12.5 Å². The average molecular weight is 647 g/mol. The van der Waals surface area contributed by atoms with Gasteiger partial charge in [0.15, 0.2) is 0 Å². The van der Waals surface area contributed by atoms with Gasteiger partial charge in [-0.05, 0) is 118 Å². The fourth-order valence-corrected chi connectivity index (χ4v) is 4.16. The van der Waals surface area contributed by atoms with Crippen molar-refractivity contribution in [3.05, 3.63) is 96.1 Å². The molecule has 10 nitrogen and oxygen atoms in total. The van der Waals surface area contributed by atoms with E-state index in [2.05, 4.69) is 6.58 Å². The first-order valence-corrected chi connectivity index (χ1v) is 15.7. The monoisotopic (exact) mass is 646 g/mol. The third-order valence-corrected chi connectivity index (χ3v) is 6.82. The molecule has 0 amide bonds. The van der Waals surface area contributed by atoms with E-state index in [0.717, 1.165) is 44.6 Å². The summed E-state index contributed by atoms with van der Waals surface area (Å²) in [5.41, 5.74) is 1.34. The van der Waals surface area contributed by atoms with E-state index in [1.54, 1.807) is 80.6 Å². The zero-order valence-corrected chi connectivity index (χ0v) is 27.0. The van der Waals surface area contributed by atoms with Crippen LogP contribution in [0.25, 0.3) is 0 Å². The number of carbonyl (C=O) groups excluding carboxylic acids is 4. The number of carbonyl (C=O) groups is 4. The number of hydrogen-bond acceptors (Lipinski definition) is 10. The molecule has 0 saturated carbocycles. The van der Waals surface area contributed by atoms with Gasteiger partial charge in [-0.25, -0.2) is 14.4 Å². The summed E-state index contributed by atoms with van der Waals surface area (Å²) in [6, 6.07) is 18.1. The van der Waals surface area contributed by atoms with Crippen molar-refractivity contribution in [2.45, 2.75) is 58.8 Å². The molecular formula is C37H42O10. The van der Waals surface area contributed by atoms with E-state index in [0.29, 0.717) is 72.5 Å². The van der Waals surface area contributed by atoms with Crippen LogP contribution in [-0.4, -0.2) is 50.3 Å². The van der Waals surface area contributed by atoms with Gasteiger partial charge >= 0.3 is 23.9 Å². The van der Waals surface area contributed by atoms with E-state index in [1.807, 2.05) is 0 Å². The smallest absolute Gasteiger partial charge is 0.343 e. The summed E-state index contributed by atoms with van der Waals surface area (Å²) in [7, 11) is 0. The number of unbranched alkanes of at least 4 members (excludes halogenated alkanes) is 4. The zero-order valence-electron chi connectivity index (χ0n) is 27.0. The van der Waals surface area contributed by atoms with Gasteiger partial charge in [-0.2, -0.15) is 0 Å². The van der Waals surface area contributed by atoms with Gasteiger partial charge in [0.2, 0.25) is 0 Å². The Bertz CT molecular complexity index is 1460. The van der Waals surface area contributed by atoms with E-state index in [9.17, 15) is 19.2 Å². The lowest BCUT2D eigenvalue weighted by Crippen LogP contribution is -2.10. The summed E-state index contributed by atoms with van der Waals surface area (Å²) in [5.74, 6) is 0.258. The predicted molar refractivity (Wildman–Crippen MR) is 175 cm³/mol. The molecule has 47 heavy (non-hydrogen) atoms. The molecule has 3 rings (SSSR count). The topological polar surface area (TPSA) is 124 Å². The van der Waals surface area contributed by atoms with Crippen molar-refractivity contribution in [2.24, 2.45) is 0 Å². The van der Waals surface area contributed by atoms with Crippen LogP contribution in [0.2, 0.25) is 0 Å². The zero-order chi connectivity index (χ0) is 33.9. The molecule has 10 heteroatoms. The summed E-state index contributed by atoms with van der Waals surface area (Å²) in [6.07, 6.45) is 6.39. The Morgan fingerprint density at radius 1 is 0.617 bits per heavy atom. The van der Waals surface area contributed by atoms with Gasteiger partial charge in [-0.1, -0.05) is 13.5 Å². The second-order valence-electron chi connectivity index (χ2n) is 10.5. The van der Waals surface area contributed by atoms with Crippen molar-refractivity contribution < 1.29 is 47.6 Å². The van der Waals surface area contributed by atoms with Crippen molar-refractivity contribution in [3.8, 4) is 23.0 Å². The summed E-state index contributed by atoms with van der Waals surface area (Å²) in [6.45, 7) is 8.66. The van der Waals surface area contributed by atoms with Gasteiger partial charge in [0.25, 0.3) is 0 Å². The third-order valence-electron chi connectivity index (χ3n) is 6.82. The molecule has 0 unspecified atom stereocenters. The minimum Gasteiger partial charge on any atom is -0.494 e. The summed E-state index contributed by atoms with van der Waals surface area (Å²) in [5, 5.41) is 0. The van der Waals surface area contributed by atoms with Gasteiger partial charge < -0.3 is 28.4 Å². The standard InChI is InChI=1S/C37H42O10/c1-4-34(38)44-24-10-6-8-22-42-30-16-12-28(13-17-30)36(40)46-32-20-21-33(27(3)26-32)47-37(41)29-14-18-31(19-15-29)43-23-9-7-11-25-45-35(39)5-2/h5,12-21,26H,2,4,6-11,22-25H2,1,3H3. The lowest BCUT2D eigenvalue weighted by Gasteiger charge is -2.11. The largest absolute Gasteiger partial charge is 0.494 e. The van der Waals surface area contributed by atoms with Crippen molar-refractivity contribution in [1.82, 2.24) is 0 Å². The number of aryl methyl sites for hydroxylation is 1. The van der Waals surface area contributed by atoms with Crippen LogP contribution in [-0.2, 0) is 19.1 Å². The molecule has 0 N–H and O–H groups in total. The number of esters is 4. The fraction of sp³-hybridized carbons (Fsp3) is 0.351. The van der Waals surface area contributed by atoms with Crippen LogP contribution in [0, 0.1) is 6.92 Å². The Kier molecular flexibility index (Phi) is 15.5. The van der Waals surface area contributed by atoms with Gasteiger partial charge in [0.05, 0.1) is 37.6 Å². The predicted octanol–water partition coefficient (Wildman–Crippen LogP) is 7.21. The molecule has 0 atom stereocenters. The molecule has 0 heterocycles. The Morgan fingerprint density at radius 2 is 1.11 bits per heavy atom. The van der Waals surface area contributed by atoms with E-state index in [-0.39, 0.29) is 5.97 Å². The molecule has 0 bridgehead atoms. The van der Waals surface area contributed by atoms with E-state index in [4.69, 9.17) is 28.4 Å². The molecule has 0 aliphatic carbocycles. The van der Waals surface area contributed by atoms with Crippen LogP contribution in [0.1, 0.15) is 78.1 Å². The van der Waals surface area contributed by atoms with Crippen molar-refractivity contribution in [3.63, 3.8) is 0 Å². The first-order chi connectivity index (χ1) is 22.8. The SMILES string of the molecule is C=CC(=O)OCCCCCOc1ccc(C(=O)Oc2ccc(OC(=O)c3ccc(OCCCCCOC(=O)CC)cc3)cc2C)cc1. The summed E-state index contributed by atoms with van der Waals surface area (Å²) < 4.78 is 32.5. The molecule has 3 aromatic carbocycles. The summed E-state index contributed by atoms with van der Waals surface area (Å²) >= 11 is 0. The van der Waals surface area contributed by atoms with Gasteiger partial charge in [-0.15, -0.1) is 0 Å². The van der Waals surface area contributed by atoms with Crippen LogP contribution in [0.15, 0.2) is 79.4 Å². The van der Waals surface area contributed by atoms with Crippen molar-refractivity contribution in [1.29, 1.82) is 0 Å². The lowest BCUT2D eigenvalue weighted by atomic mass is 10.2. The molecule has 3 aromatic rings. The highest BCUT2D eigenvalue weighted by molar-refractivity contribution is 5.92. The van der Waals surface area contributed by atoms with E-state index in [1.165, 1.54) is 0 Å². The van der Waals surface area contributed by atoms with Crippen LogP contribution in [0.5, 0.6) is 23.0 Å². The maximum absolute atomic E-state index is 12.7. The molecule has 0 radical (unpaired) electrons. The first-order valence-electron chi connectivity index (χ1n) is 15.7. The highest BCUT2D eigenvalue weighted by atomic mass is 16.5. The minimum atomic E-state index is -0.529. The maximum atomic E-state index is 12.7. The van der Waals surface area contributed by atoms with Crippen LogP contribution >= 0.6 is 0 Å². The van der Waals surface area contributed by atoms with E-state index < -0.39 is 17.9 Å². The Balaban J connectivity index is 1.38. The number of benzene rings is 3. The third kappa shape index (κ3) is 13.4. The lowest BCUT2D eigenvalue weighted by molar-refractivity contribution is -0.143. The highest BCUT2D eigenvalue weighted by Gasteiger charge is 2.14. The average Bonchev–Trinajstić information content (AvgIpc) is 3.08. The molecule has 250 valence electrons. The Labute approximate surface area is 275 Å². The summed E-state index contributed by atoms with van der Waals surface area (Å²) in [4.78, 5) is 47.6. The molecule has 0 aliphatic heterocycles. The Hall–Kier alpha value is -5.12. The number of hydrogen-bond donors (Lipinski definition) is 0. The molecular weight excluding hydrogens is 604 g/mol. The molecule has 0 fully saturated rings. The van der Waals surface area contributed by atoms with Gasteiger partial charge in [0.1, 0.15) is 23.0 Å². The van der Waals surface area contributed by atoms with Crippen molar-refractivity contribution in [2.75, 3.05) is 26.4 Å². The van der Waals surface area contributed by atoms with Crippen LogP contribution in [0.3, 0.4) is 0 Å². The minimum absolute atomic E-state index is 0.189. The highest BCUT2D eigenvalue weighted by Crippen LogP contribution is 2.26. The number of ether oxygens (including phenoxy) is 6. The van der Waals surface area contributed by atoms with Crippen LogP contribution in [0.4, 0.5) is 0 Å². The fourth-order valence-electron chi connectivity index (χ4n) is 4.16. The second-order valence-corrected chi connectivity index (χ2v) is 10.5. The van der Waals surface area contributed by atoms with Crippen LogP contribution < -0.4 is 18.9 Å². The molecule has 0 aliphatic rings. The molecule has 0 aromatic heterocycles. The quantitative estimate of drug-likeness (QED) is 0.0538. The maximum Gasteiger partial charge on any atom is 0.343 e. The first kappa shape index (κ1) is 36.3. The molecule has 0 saturated heterocycles. The number of rotatable bonds is 20. The second kappa shape index (κ2) is 20.1. The normalized spacial score (nSPS) is 10.4. The molecule has 0 spiro atoms.